The number of fused-ring (bicyclic) bond motifs is 1. The standard InChI is InChI=1S/C17H24BrNOS/c1-12-4-3-8-17(10-12,11-18)19-16(20)14-5-2-6-15-13(14)7-9-21-15/h7,9,12,14H,2-6,8,10-11H2,1H3,(H,19,20). The summed E-state index contributed by atoms with van der Waals surface area (Å²) in [7, 11) is 0. The van der Waals surface area contributed by atoms with Crippen molar-refractivity contribution in [3.05, 3.63) is 21.9 Å². The summed E-state index contributed by atoms with van der Waals surface area (Å²) >= 11 is 5.47. The minimum Gasteiger partial charge on any atom is -0.349 e. The summed E-state index contributed by atoms with van der Waals surface area (Å²) in [6.45, 7) is 2.31. The Morgan fingerprint density at radius 3 is 3.10 bits per heavy atom. The number of carbonyl (C=O) groups is 1. The molecular formula is C17H24BrNOS. The molecule has 0 bridgehead atoms. The van der Waals surface area contributed by atoms with Gasteiger partial charge in [0.2, 0.25) is 5.91 Å². The number of alkyl halides is 1. The van der Waals surface area contributed by atoms with Gasteiger partial charge in [-0.25, -0.2) is 0 Å². The fourth-order valence-corrected chi connectivity index (χ4v) is 5.67. The quantitative estimate of drug-likeness (QED) is 0.773. The molecule has 2 nitrogen and oxygen atoms in total. The van der Waals surface area contributed by atoms with E-state index in [1.54, 1.807) is 0 Å². The van der Waals surface area contributed by atoms with Crippen molar-refractivity contribution in [1.29, 1.82) is 0 Å². The van der Waals surface area contributed by atoms with Crippen LogP contribution in [0.4, 0.5) is 0 Å². The summed E-state index contributed by atoms with van der Waals surface area (Å²) in [5.74, 6) is 1.04. The van der Waals surface area contributed by atoms with Crippen LogP contribution in [0.25, 0.3) is 0 Å². The van der Waals surface area contributed by atoms with Crippen molar-refractivity contribution in [3.8, 4) is 0 Å². The maximum Gasteiger partial charge on any atom is 0.228 e. The highest BCUT2D eigenvalue weighted by molar-refractivity contribution is 9.09. The molecule has 0 aromatic carbocycles. The molecule has 3 atom stereocenters. The molecule has 3 rings (SSSR count). The van der Waals surface area contributed by atoms with Gasteiger partial charge in [0.1, 0.15) is 0 Å². The minimum absolute atomic E-state index is 0.0254. The molecule has 0 saturated heterocycles. The van der Waals surface area contributed by atoms with Crippen molar-refractivity contribution in [2.24, 2.45) is 5.92 Å². The zero-order chi connectivity index (χ0) is 14.9. The first-order valence-electron chi connectivity index (χ1n) is 8.08. The van der Waals surface area contributed by atoms with Crippen molar-refractivity contribution >= 4 is 33.2 Å². The van der Waals surface area contributed by atoms with Crippen LogP contribution < -0.4 is 5.32 Å². The Morgan fingerprint density at radius 2 is 2.33 bits per heavy atom. The van der Waals surface area contributed by atoms with Gasteiger partial charge in [0.05, 0.1) is 5.92 Å². The highest BCUT2D eigenvalue weighted by Crippen LogP contribution is 2.38. The van der Waals surface area contributed by atoms with E-state index >= 15 is 0 Å². The summed E-state index contributed by atoms with van der Waals surface area (Å²) in [5.41, 5.74) is 1.26. The van der Waals surface area contributed by atoms with Crippen LogP contribution in [0.1, 0.15) is 61.8 Å². The van der Waals surface area contributed by atoms with Gasteiger partial charge in [-0.15, -0.1) is 11.3 Å². The van der Waals surface area contributed by atoms with Crippen molar-refractivity contribution in [1.82, 2.24) is 5.32 Å². The number of carbonyl (C=O) groups excluding carboxylic acids is 1. The monoisotopic (exact) mass is 369 g/mol. The second-order valence-corrected chi connectivity index (χ2v) is 8.41. The molecule has 2 aliphatic rings. The molecule has 4 heteroatoms. The molecule has 2 aliphatic carbocycles. The van der Waals surface area contributed by atoms with Crippen LogP contribution in [0.2, 0.25) is 0 Å². The predicted molar refractivity (Wildman–Crippen MR) is 92.3 cm³/mol. The highest BCUT2D eigenvalue weighted by atomic mass is 79.9. The summed E-state index contributed by atoms with van der Waals surface area (Å²) in [6.07, 6.45) is 8.03. The van der Waals surface area contributed by atoms with Crippen LogP contribution in [0.15, 0.2) is 11.4 Å². The normalized spacial score (nSPS) is 32.5. The Morgan fingerprint density at radius 1 is 1.48 bits per heavy atom. The average Bonchev–Trinajstić information content (AvgIpc) is 2.95. The third kappa shape index (κ3) is 3.21. The maximum absolute atomic E-state index is 12.9. The Bertz CT molecular complexity index is 515. The fourth-order valence-electron chi connectivity index (χ4n) is 4.04. The number of nitrogens with one attached hydrogen (secondary N) is 1. The van der Waals surface area contributed by atoms with Gasteiger partial charge in [0.15, 0.2) is 0 Å². The van der Waals surface area contributed by atoms with Crippen molar-refractivity contribution in [3.63, 3.8) is 0 Å². The third-order valence-electron chi connectivity index (χ3n) is 5.10. The lowest BCUT2D eigenvalue weighted by atomic mass is 9.77. The topological polar surface area (TPSA) is 29.1 Å². The number of amides is 1. The van der Waals surface area contributed by atoms with Gasteiger partial charge in [-0.2, -0.15) is 0 Å². The van der Waals surface area contributed by atoms with Crippen LogP contribution in [0, 0.1) is 5.92 Å². The van der Waals surface area contributed by atoms with Crippen LogP contribution in [-0.2, 0) is 11.2 Å². The molecule has 1 N–H and O–H groups in total. The predicted octanol–water partition coefficient (Wildman–Crippen LogP) is 4.63. The van der Waals surface area contributed by atoms with Gasteiger partial charge in [-0.3, -0.25) is 4.79 Å². The van der Waals surface area contributed by atoms with E-state index in [1.807, 2.05) is 11.3 Å². The largest absolute Gasteiger partial charge is 0.349 e. The lowest BCUT2D eigenvalue weighted by molar-refractivity contribution is -0.125. The Kier molecular flexibility index (Phi) is 4.75. The molecule has 1 amide bonds. The molecule has 1 aromatic rings. The van der Waals surface area contributed by atoms with E-state index in [2.05, 4.69) is 39.6 Å². The third-order valence-corrected chi connectivity index (χ3v) is 7.17. The number of rotatable bonds is 3. The first kappa shape index (κ1) is 15.5. The molecule has 116 valence electrons. The van der Waals surface area contributed by atoms with Gasteiger partial charge < -0.3 is 5.32 Å². The summed E-state index contributed by atoms with van der Waals surface area (Å²) in [5, 5.41) is 6.44. The molecule has 1 fully saturated rings. The number of thiophene rings is 1. The number of halogens is 1. The molecule has 0 aliphatic heterocycles. The van der Waals surface area contributed by atoms with Crippen molar-refractivity contribution in [2.75, 3.05) is 5.33 Å². The lowest BCUT2D eigenvalue weighted by Crippen LogP contribution is -2.54. The average molecular weight is 370 g/mol. The van der Waals surface area contributed by atoms with Crippen LogP contribution in [0.5, 0.6) is 0 Å². The molecule has 1 heterocycles. The second-order valence-electron chi connectivity index (χ2n) is 6.85. The van der Waals surface area contributed by atoms with Crippen molar-refractivity contribution < 1.29 is 4.79 Å². The molecule has 0 radical (unpaired) electrons. The number of hydrogen-bond donors (Lipinski definition) is 1. The van der Waals surface area contributed by atoms with Gasteiger partial charge in [-0.05, 0) is 55.0 Å². The lowest BCUT2D eigenvalue weighted by Gasteiger charge is -2.40. The first-order valence-corrected chi connectivity index (χ1v) is 10.1. The Hall–Kier alpha value is -0.350. The molecule has 3 unspecified atom stereocenters. The molecular weight excluding hydrogens is 346 g/mol. The summed E-state index contributed by atoms with van der Waals surface area (Å²) < 4.78 is 0. The van der Waals surface area contributed by atoms with E-state index < -0.39 is 0 Å². The van der Waals surface area contributed by atoms with Gasteiger partial charge in [0, 0.05) is 15.7 Å². The first-order chi connectivity index (χ1) is 10.1. The summed E-state index contributed by atoms with van der Waals surface area (Å²) in [6, 6.07) is 2.16. The van der Waals surface area contributed by atoms with Crippen molar-refractivity contribution in [2.45, 2.75) is 63.3 Å². The smallest absolute Gasteiger partial charge is 0.228 e. The van der Waals surface area contributed by atoms with Gasteiger partial charge in [-0.1, -0.05) is 35.7 Å². The summed E-state index contributed by atoms with van der Waals surface area (Å²) in [4.78, 5) is 14.3. The second kappa shape index (κ2) is 6.41. The van der Waals surface area contributed by atoms with E-state index in [9.17, 15) is 4.79 Å². The molecule has 21 heavy (non-hydrogen) atoms. The number of hydrogen-bond acceptors (Lipinski definition) is 2. The van der Waals surface area contributed by atoms with Gasteiger partial charge >= 0.3 is 0 Å². The zero-order valence-electron chi connectivity index (χ0n) is 12.7. The molecule has 1 saturated carbocycles. The maximum atomic E-state index is 12.9. The van der Waals surface area contributed by atoms with E-state index in [4.69, 9.17) is 0 Å². The van der Waals surface area contributed by atoms with Gasteiger partial charge in [0.25, 0.3) is 0 Å². The van der Waals surface area contributed by atoms with Crippen LogP contribution in [0.3, 0.4) is 0 Å². The minimum atomic E-state index is -0.0254. The molecule has 1 aromatic heterocycles. The molecule has 0 spiro atoms. The van der Waals surface area contributed by atoms with Crippen LogP contribution in [-0.4, -0.2) is 16.8 Å². The van der Waals surface area contributed by atoms with E-state index in [-0.39, 0.29) is 17.4 Å². The van der Waals surface area contributed by atoms with E-state index in [0.29, 0.717) is 5.92 Å². The fraction of sp³-hybridized carbons (Fsp3) is 0.706. The number of aryl methyl sites for hydroxylation is 1. The highest BCUT2D eigenvalue weighted by Gasteiger charge is 2.38. The Balaban J connectivity index is 1.74. The SMILES string of the molecule is CC1CCCC(CBr)(NC(=O)C2CCCc3sccc32)C1. The van der Waals surface area contributed by atoms with Crippen LogP contribution >= 0.6 is 27.3 Å². The zero-order valence-corrected chi connectivity index (χ0v) is 15.1. The van der Waals surface area contributed by atoms with E-state index in [0.717, 1.165) is 37.4 Å². The Labute approximate surface area is 139 Å². The van der Waals surface area contributed by atoms with E-state index in [1.165, 1.54) is 23.3 Å².